The van der Waals surface area contributed by atoms with Crippen LogP contribution >= 0.6 is 11.3 Å². The third kappa shape index (κ3) is 4.08. The van der Waals surface area contributed by atoms with E-state index in [1.807, 2.05) is 36.5 Å². The van der Waals surface area contributed by atoms with Crippen LogP contribution in [0.5, 0.6) is 0 Å². The zero-order chi connectivity index (χ0) is 15.2. The largest absolute Gasteiger partial charge is 0.380 e. The number of hydrogen-bond donors (Lipinski definition) is 2. The number of amides is 1. The molecule has 112 valence electrons. The normalized spacial score (nSPS) is 10.4. The van der Waals surface area contributed by atoms with Gasteiger partial charge in [0.2, 0.25) is 0 Å². The van der Waals surface area contributed by atoms with Crippen LogP contribution in [0.2, 0.25) is 0 Å². The molecule has 0 unspecified atom stereocenters. The van der Waals surface area contributed by atoms with Crippen LogP contribution in [0.3, 0.4) is 0 Å². The van der Waals surface area contributed by atoms with Crippen molar-refractivity contribution in [1.82, 2.24) is 5.32 Å². The first kappa shape index (κ1) is 15.6. The summed E-state index contributed by atoms with van der Waals surface area (Å²) in [5.41, 5.74) is 2.87. The lowest BCUT2D eigenvalue weighted by Gasteiger charge is -2.11. The molecule has 0 aliphatic carbocycles. The van der Waals surface area contributed by atoms with Gasteiger partial charge in [0.05, 0.1) is 0 Å². The van der Waals surface area contributed by atoms with Crippen LogP contribution in [-0.2, 0) is 13.0 Å². The summed E-state index contributed by atoms with van der Waals surface area (Å²) in [5, 5.41) is 6.26. The van der Waals surface area contributed by atoms with Gasteiger partial charge < -0.3 is 10.6 Å². The van der Waals surface area contributed by atoms with Gasteiger partial charge in [-0.1, -0.05) is 13.0 Å². The Balaban J connectivity index is 2.08. The van der Waals surface area contributed by atoms with Crippen LogP contribution in [0, 0.1) is 6.92 Å². The van der Waals surface area contributed by atoms with Crippen molar-refractivity contribution in [2.45, 2.75) is 33.7 Å². The number of rotatable bonds is 6. The summed E-state index contributed by atoms with van der Waals surface area (Å²) in [6.45, 7) is 7.58. The maximum atomic E-state index is 11.9. The van der Waals surface area contributed by atoms with Crippen molar-refractivity contribution in [2.75, 3.05) is 11.9 Å². The standard InChI is InChI=1S/C17H22N2OS/c1-4-14-8-9-15(21-14)11-19-16-10-13(7-6-12(16)3)17(20)18-5-2/h6-10,19H,4-5,11H2,1-3H3,(H,18,20). The SMILES string of the molecule is CCNC(=O)c1ccc(C)c(NCc2ccc(CC)s2)c1. The van der Waals surface area contributed by atoms with E-state index in [1.165, 1.54) is 9.75 Å². The molecule has 0 saturated carbocycles. The molecule has 3 nitrogen and oxygen atoms in total. The second kappa shape index (κ2) is 7.27. The van der Waals surface area contributed by atoms with E-state index >= 15 is 0 Å². The van der Waals surface area contributed by atoms with E-state index in [0.717, 1.165) is 24.2 Å². The van der Waals surface area contributed by atoms with Gasteiger partial charge in [0.15, 0.2) is 0 Å². The summed E-state index contributed by atoms with van der Waals surface area (Å²) in [7, 11) is 0. The molecule has 0 bridgehead atoms. The van der Waals surface area contributed by atoms with E-state index in [9.17, 15) is 4.79 Å². The fourth-order valence-electron chi connectivity index (χ4n) is 2.11. The quantitative estimate of drug-likeness (QED) is 0.847. The first-order chi connectivity index (χ1) is 10.1. The number of thiophene rings is 1. The first-order valence-corrected chi connectivity index (χ1v) is 8.16. The summed E-state index contributed by atoms with van der Waals surface area (Å²) in [4.78, 5) is 14.6. The number of carbonyl (C=O) groups is 1. The molecule has 21 heavy (non-hydrogen) atoms. The monoisotopic (exact) mass is 302 g/mol. The number of carbonyl (C=O) groups excluding carboxylic acids is 1. The van der Waals surface area contributed by atoms with Crippen LogP contribution in [0.15, 0.2) is 30.3 Å². The van der Waals surface area contributed by atoms with E-state index in [-0.39, 0.29) is 5.91 Å². The fourth-order valence-corrected chi connectivity index (χ4v) is 3.00. The average Bonchev–Trinajstić information content (AvgIpc) is 2.94. The molecule has 1 aromatic carbocycles. The Morgan fingerprint density at radius 1 is 1.14 bits per heavy atom. The topological polar surface area (TPSA) is 41.1 Å². The number of benzene rings is 1. The highest BCUT2D eigenvalue weighted by atomic mass is 32.1. The van der Waals surface area contributed by atoms with Gasteiger partial charge in [-0.3, -0.25) is 4.79 Å². The number of hydrogen-bond acceptors (Lipinski definition) is 3. The summed E-state index contributed by atoms with van der Waals surface area (Å²) >= 11 is 1.83. The first-order valence-electron chi connectivity index (χ1n) is 7.34. The molecule has 2 rings (SSSR count). The Morgan fingerprint density at radius 3 is 2.57 bits per heavy atom. The average molecular weight is 302 g/mol. The van der Waals surface area contributed by atoms with Crippen molar-refractivity contribution in [3.05, 3.63) is 51.2 Å². The molecule has 1 aromatic heterocycles. The van der Waals surface area contributed by atoms with Crippen molar-refractivity contribution < 1.29 is 4.79 Å². The van der Waals surface area contributed by atoms with Crippen molar-refractivity contribution in [3.63, 3.8) is 0 Å². The third-order valence-electron chi connectivity index (χ3n) is 3.36. The lowest BCUT2D eigenvalue weighted by Crippen LogP contribution is -2.22. The Morgan fingerprint density at radius 2 is 1.90 bits per heavy atom. The maximum Gasteiger partial charge on any atom is 0.251 e. The van der Waals surface area contributed by atoms with Crippen molar-refractivity contribution in [3.8, 4) is 0 Å². The van der Waals surface area contributed by atoms with Crippen LogP contribution in [-0.4, -0.2) is 12.5 Å². The number of anilines is 1. The Kier molecular flexibility index (Phi) is 5.39. The maximum absolute atomic E-state index is 11.9. The highest BCUT2D eigenvalue weighted by molar-refractivity contribution is 7.12. The smallest absolute Gasteiger partial charge is 0.251 e. The molecule has 0 spiro atoms. The van der Waals surface area contributed by atoms with Gasteiger partial charge in [-0.05, 0) is 50.1 Å². The molecule has 0 radical (unpaired) electrons. The van der Waals surface area contributed by atoms with E-state index < -0.39 is 0 Å². The van der Waals surface area contributed by atoms with Gasteiger partial charge in [-0.25, -0.2) is 0 Å². The van der Waals surface area contributed by atoms with Crippen LogP contribution in [0.25, 0.3) is 0 Å². The summed E-state index contributed by atoms with van der Waals surface area (Å²) in [6.07, 6.45) is 1.08. The number of nitrogens with one attached hydrogen (secondary N) is 2. The third-order valence-corrected chi connectivity index (χ3v) is 4.59. The molecular weight excluding hydrogens is 280 g/mol. The lowest BCUT2D eigenvalue weighted by molar-refractivity contribution is 0.0956. The van der Waals surface area contributed by atoms with Crippen LogP contribution in [0.4, 0.5) is 5.69 Å². The number of aryl methyl sites for hydroxylation is 2. The van der Waals surface area contributed by atoms with Gasteiger partial charge in [-0.15, -0.1) is 11.3 Å². The zero-order valence-electron chi connectivity index (χ0n) is 12.8. The Hall–Kier alpha value is -1.81. The Labute approximate surface area is 130 Å². The molecule has 0 atom stereocenters. The summed E-state index contributed by atoms with van der Waals surface area (Å²) < 4.78 is 0. The minimum atomic E-state index is -0.0232. The molecule has 0 saturated heterocycles. The van der Waals surface area contributed by atoms with E-state index in [2.05, 4.69) is 36.6 Å². The Bertz CT molecular complexity index is 619. The summed E-state index contributed by atoms with van der Waals surface area (Å²) in [5.74, 6) is -0.0232. The highest BCUT2D eigenvalue weighted by Crippen LogP contribution is 2.21. The van der Waals surface area contributed by atoms with Crippen molar-refractivity contribution in [2.24, 2.45) is 0 Å². The molecule has 0 fully saturated rings. The van der Waals surface area contributed by atoms with Crippen molar-refractivity contribution >= 4 is 22.9 Å². The highest BCUT2D eigenvalue weighted by Gasteiger charge is 2.07. The fraction of sp³-hybridized carbons (Fsp3) is 0.353. The molecule has 2 N–H and O–H groups in total. The molecule has 2 aromatic rings. The van der Waals surface area contributed by atoms with Crippen LogP contribution < -0.4 is 10.6 Å². The van der Waals surface area contributed by atoms with Gasteiger partial charge in [0.25, 0.3) is 5.91 Å². The van der Waals surface area contributed by atoms with Gasteiger partial charge in [-0.2, -0.15) is 0 Å². The molecule has 0 aliphatic heterocycles. The van der Waals surface area contributed by atoms with Gasteiger partial charge in [0.1, 0.15) is 0 Å². The second-order valence-corrected chi connectivity index (χ2v) is 6.22. The molecule has 4 heteroatoms. The predicted molar refractivity (Wildman–Crippen MR) is 90.2 cm³/mol. The van der Waals surface area contributed by atoms with E-state index in [4.69, 9.17) is 0 Å². The second-order valence-electron chi connectivity index (χ2n) is 4.96. The minimum absolute atomic E-state index is 0.0232. The minimum Gasteiger partial charge on any atom is -0.380 e. The van der Waals surface area contributed by atoms with Gasteiger partial charge in [0, 0.05) is 34.1 Å². The molecule has 1 heterocycles. The lowest BCUT2D eigenvalue weighted by atomic mass is 10.1. The molecule has 1 amide bonds. The van der Waals surface area contributed by atoms with E-state index in [0.29, 0.717) is 12.1 Å². The van der Waals surface area contributed by atoms with E-state index in [1.54, 1.807) is 0 Å². The predicted octanol–water partition coefficient (Wildman–Crippen LogP) is 3.98. The van der Waals surface area contributed by atoms with Gasteiger partial charge >= 0.3 is 0 Å². The van der Waals surface area contributed by atoms with Crippen molar-refractivity contribution in [1.29, 1.82) is 0 Å². The van der Waals surface area contributed by atoms with Crippen LogP contribution in [0.1, 0.15) is 39.5 Å². The zero-order valence-corrected chi connectivity index (χ0v) is 13.6. The molecular formula is C17H22N2OS. The summed E-state index contributed by atoms with van der Waals surface area (Å²) in [6, 6.07) is 10.1. The molecule has 0 aliphatic rings.